The third kappa shape index (κ3) is 3.47. The van der Waals surface area contributed by atoms with Crippen LogP contribution in [0.25, 0.3) is 11.0 Å². The number of hydrogen-bond donors (Lipinski definition) is 1. The Labute approximate surface area is 128 Å². The highest BCUT2D eigenvalue weighted by Gasteiger charge is 2.11. The van der Waals surface area contributed by atoms with Crippen LogP contribution in [0.15, 0.2) is 32.4 Å². The Hall–Kier alpha value is -1.75. The molecule has 0 amide bonds. The molecule has 0 unspecified atom stereocenters. The minimum atomic E-state index is -0.332. The predicted molar refractivity (Wildman–Crippen MR) is 90.2 cm³/mol. The molecular weight excluding hydrogens is 284 g/mol. The zero-order valence-corrected chi connectivity index (χ0v) is 13.6. The molecule has 1 aromatic carbocycles. The molecule has 2 rings (SSSR count). The third-order valence-corrected chi connectivity index (χ3v) is 4.37. The Kier molecular flexibility index (Phi) is 4.73. The molecule has 0 saturated carbocycles. The van der Waals surface area contributed by atoms with Gasteiger partial charge in [-0.1, -0.05) is 25.6 Å². The molecule has 21 heavy (non-hydrogen) atoms. The Bertz CT molecular complexity index is 748. The lowest BCUT2D eigenvalue weighted by Crippen LogP contribution is -2.07. The van der Waals surface area contributed by atoms with Gasteiger partial charge < -0.3 is 10.2 Å². The summed E-state index contributed by atoms with van der Waals surface area (Å²) in [5.74, 6) is 1.02. The van der Waals surface area contributed by atoms with Crippen LogP contribution in [-0.4, -0.2) is 12.2 Å². The Morgan fingerprint density at radius 1 is 1.38 bits per heavy atom. The van der Waals surface area contributed by atoms with Crippen LogP contribution < -0.4 is 11.4 Å². The lowest BCUT2D eigenvalue weighted by Gasteiger charge is -2.12. The van der Waals surface area contributed by atoms with E-state index in [2.05, 4.69) is 24.9 Å². The summed E-state index contributed by atoms with van der Waals surface area (Å²) in [7, 11) is 1.65. The number of thioether (sulfide) groups is 1. The summed E-state index contributed by atoms with van der Waals surface area (Å²) in [6, 6.07) is 5.60. The molecule has 0 bridgehead atoms. The van der Waals surface area contributed by atoms with E-state index in [0.717, 1.165) is 16.5 Å². The van der Waals surface area contributed by atoms with E-state index in [9.17, 15) is 4.79 Å². The molecule has 5 heteroatoms. The van der Waals surface area contributed by atoms with E-state index in [0.29, 0.717) is 22.4 Å². The van der Waals surface area contributed by atoms with Gasteiger partial charge in [-0.2, -0.15) is 0 Å². The van der Waals surface area contributed by atoms with Crippen LogP contribution in [0, 0.1) is 6.92 Å². The van der Waals surface area contributed by atoms with Crippen molar-refractivity contribution in [3.8, 4) is 0 Å². The van der Waals surface area contributed by atoms with Gasteiger partial charge in [-0.25, -0.2) is 4.79 Å². The number of benzene rings is 1. The van der Waals surface area contributed by atoms with Gasteiger partial charge in [-0.3, -0.25) is 4.99 Å². The van der Waals surface area contributed by atoms with Crippen molar-refractivity contribution in [3.05, 3.63) is 45.3 Å². The minimum Gasteiger partial charge on any atom is -0.423 e. The van der Waals surface area contributed by atoms with Gasteiger partial charge in [0, 0.05) is 24.3 Å². The number of aryl methyl sites for hydroxylation is 1. The maximum Gasteiger partial charge on any atom is 0.336 e. The summed E-state index contributed by atoms with van der Waals surface area (Å²) >= 11 is 1.42. The summed E-state index contributed by atoms with van der Waals surface area (Å²) in [6.45, 7) is 6.35. The summed E-state index contributed by atoms with van der Waals surface area (Å²) in [6.07, 6.45) is 0. The minimum absolute atomic E-state index is 0.332. The van der Waals surface area contributed by atoms with E-state index < -0.39 is 0 Å². The van der Waals surface area contributed by atoms with Crippen molar-refractivity contribution in [2.24, 2.45) is 10.7 Å². The molecule has 1 aromatic heterocycles. The van der Waals surface area contributed by atoms with Crippen molar-refractivity contribution < 1.29 is 4.42 Å². The van der Waals surface area contributed by atoms with Crippen LogP contribution in [0.4, 0.5) is 0 Å². The standard InChI is InChI=1S/C16H20N2O2S/c1-9(2)12-7-13-11(8-21-16(17)18-4)6-15(19)20-14(13)5-10(12)3/h5-7,9H,8H2,1-4H3,(H2,17,18). The summed E-state index contributed by atoms with van der Waals surface area (Å²) in [5.41, 5.74) is 9.35. The number of fused-ring (bicyclic) bond motifs is 1. The number of rotatable bonds is 3. The van der Waals surface area contributed by atoms with Gasteiger partial charge in [-0.15, -0.1) is 0 Å². The summed E-state index contributed by atoms with van der Waals surface area (Å²) in [5, 5.41) is 1.48. The molecule has 0 spiro atoms. The smallest absolute Gasteiger partial charge is 0.336 e. The zero-order chi connectivity index (χ0) is 15.6. The highest BCUT2D eigenvalue weighted by Crippen LogP contribution is 2.28. The molecule has 0 saturated heterocycles. The van der Waals surface area contributed by atoms with Crippen molar-refractivity contribution in [2.75, 3.05) is 7.05 Å². The largest absolute Gasteiger partial charge is 0.423 e. The first-order valence-corrected chi connectivity index (χ1v) is 7.83. The summed E-state index contributed by atoms with van der Waals surface area (Å²) < 4.78 is 5.32. The number of amidine groups is 1. The SMILES string of the molecule is CN=C(N)SCc1cc(=O)oc2cc(C)c(C(C)C)cc12. The topological polar surface area (TPSA) is 68.6 Å². The third-order valence-electron chi connectivity index (χ3n) is 3.43. The quantitative estimate of drug-likeness (QED) is 0.536. The number of aliphatic imine (C=N–C) groups is 1. The fraction of sp³-hybridized carbons (Fsp3) is 0.375. The van der Waals surface area contributed by atoms with E-state index in [1.54, 1.807) is 7.05 Å². The van der Waals surface area contributed by atoms with Gasteiger partial charge in [-0.05, 0) is 41.7 Å². The average molecular weight is 304 g/mol. The van der Waals surface area contributed by atoms with Gasteiger partial charge in [0.25, 0.3) is 0 Å². The van der Waals surface area contributed by atoms with Crippen LogP contribution in [0.1, 0.15) is 36.5 Å². The molecule has 0 radical (unpaired) electrons. The van der Waals surface area contributed by atoms with Crippen molar-refractivity contribution in [1.29, 1.82) is 0 Å². The highest BCUT2D eigenvalue weighted by molar-refractivity contribution is 8.13. The van der Waals surface area contributed by atoms with E-state index in [-0.39, 0.29) is 5.63 Å². The fourth-order valence-electron chi connectivity index (χ4n) is 2.35. The molecule has 0 fully saturated rings. The first kappa shape index (κ1) is 15.6. The van der Waals surface area contributed by atoms with Gasteiger partial charge in [0.05, 0.1) is 0 Å². The molecule has 0 aliphatic rings. The molecule has 4 nitrogen and oxygen atoms in total. The average Bonchev–Trinajstić information content (AvgIpc) is 2.42. The van der Waals surface area contributed by atoms with E-state index in [1.165, 1.54) is 23.4 Å². The molecule has 0 aliphatic carbocycles. The number of hydrogen-bond acceptors (Lipinski definition) is 4. The van der Waals surface area contributed by atoms with Gasteiger partial charge in [0.2, 0.25) is 0 Å². The second-order valence-corrected chi connectivity index (χ2v) is 6.30. The lowest BCUT2D eigenvalue weighted by atomic mass is 9.95. The Morgan fingerprint density at radius 3 is 2.71 bits per heavy atom. The van der Waals surface area contributed by atoms with Crippen LogP contribution in [0.2, 0.25) is 0 Å². The maximum atomic E-state index is 11.7. The first-order chi connectivity index (χ1) is 9.92. The molecule has 1 heterocycles. The highest BCUT2D eigenvalue weighted by atomic mass is 32.2. The second kappa shape index (κ2) is 6.35. The van der Waals surface area contributed by atoms with Gasteiger partial charge in [0.15, 0.2) is 5.17 Å². The molecule has 0 aliphatic heterocycles. The van der Waals surface area contributed by atoms with E-state index in [4.69, 9.17) is 10.2 Å². The number of nitrogens with two attached hydrogens (primary N) is 1. The predicted octanol–water partition coefficient (Wildman–Crippen LogP) is 3.40. The van der Waals surface area contributed by atoms with Gasteiger partial charge in [0.1, 0.15) is 5.58 Å². The van der Waals surface area contributed by atoms with Crippen molar-refractivity contribution >= 4 is 27.9 Å². The molecule has 2 N–H and O–H groups in total. The molecule has 0 atom stereocenters. The summed E-state index contributed by atoms with van der Waals surface area (Å²) in [4.78, 5) is 15.6. The first-order valence-electron chi connectivity index (χ1n) is 6.84. The molecule has 112 valence electrons. The maximum absolute atomic E-state index is 11.7. The molecule has 2 aromatic rings. The van der Waals surface area contributed by atoms with Crippen LogP contribution in [0.5, 0.6) is 0 Å². The zero-order valence-electron chi connectivity index (χ0n) is 12.8. The van der Waals surface area contributed by atoms with E-state index >= 15 is 0 Å². The number of nitrogens with zero attached hydrogens (tertiary/aromatic N) is 1. The van der Waals surface area contributed by atoms with Crippen LogP contribution in [0.3, 0.4) is 0 Å². The monoisotopic (exact) mass is 304 g/mol. The fourth-order valence-corrected chi connectivity index (χ4v) is 3.02. The second-order valence-electron chi connectivity index (χ2n) is 5.30. The van der Waals surface area contributed by atoms with E-state index in [1.807, 2.05) is 13.0 Å². The van der Waals surface area contributed by atoms with Gasteiger partial charge >= 0.3 is 5.63 Å². The van der Waals surface area contributed by atoms with Crippen molar-refractivity contribution in [1.82, 2.24) is 0 Å². The molecular formula is C16H20N2O2S. The Balaban J connectivity index is 2.57. The Morgan fingerprint density at radius 2 is 2.10 bits per heavy atom. The van der Waals surface area contributed by atoms with Crippen LogP contribution >= 0.6 is 11.8 Å². The van der Waals surface area contributed by atoms with Crippen molar-refractivity contribution in [3.63, 3.8) is 0 Å². The normalized spacial score (nSPS) is 12.3. The van der Waals surface area contributed by atoms with Crippen LogP contribution in [-0.2, 0) is 5.75 Å². The van der Waals surface area contributed by atoms with Crippen molar-refractivity contribution in [2.45, 2.75) is 32.4 Å². The lowest BCUT2D eigenvalue weighted by molar-refractivity contribution is 0.559.